The van der Waals surface area contributed by atoms with Gasteiger partial charge in [-0.25, -0.2) is 5.43 Å². The van der Waals surface area contributed by atoms with Gasteiger partial charge in [0.15, 0.2) is 0 Å². The Bertz CT molecular complexity index is 737. The summed E-state index contributed by atoms with van der Waals surface area (Å²) in [5, 5.41) is 13.8. The highest BCUT2D eigenvalue weighted by Gasteiger charge is 2.07. The minimum atomic E-state index is -0.316. The summed E-state index contributed by atoms with van der Waals surface area (Å²) in [5.41, 5.74) is 4.10. The molecule has 0 bridgehead atoms. The molecule has 2 aromatic carbocycles. The first-order valence-electron chi connectivity index (χ1n) is 8.33. The fourth-order valence-corrected chi connectivity index (χ4v) is 2.15. The van der Waals surface area contributed by atoms with Crippen molar-refractivity contribution in [2.45, 2.75) is 27.2 Å². The van der Waals surface area contributed by atoms with Crippen LogP contribution < -0.4 is 10.2 Å². The number of para-hydroxylation sites is 1. The van der Waals surface area contributed by atoms with E-state index in [2.05, 4.69) is 24.4 Å². The van der Waals surface area contributed by atoms with Crippen molar-refractivity contribution in [2.75, 3.05) is 6.61 Å². The SMILES string of the molecule is CC(=NNC(=O)c1ccc(OCCC(C)C)cc1)c1ccccc1O. The molecular weight excluding hydrogens is 316 g/mol. The van der Waals surface area contributed by atoms with Crippen LogP contribution in [0.3, 0.4) is 0 Å². The lowest BCUT2D eigenvalue weighted by atomic mass is 10.1. The molecule has 2 N–H and O–H groups in total. The smallest absolute Gasteiger partial charge is 0.271 e. The van der Waals surface area contributed by atoms with E-state index in [9.17, 15) is 9.90 Å². The lowest BCUT2D eigenvalue weighted by Crippen LogP contribution is -2.19. The Kier molecular flexibility index (Phi) is 6.57. The van der Waals surface area contributed by atoms with E-state index in [1.165, 1.54) is 0 Å². The van der Waals surface area contributed by atoms with Crippen molar-refractivity contribution >= 4 is 11.6 Å². The van der Waals surface area contributed by atoms with Crippen molar-refractivity contribution < 1.29 is 14.6 Å². The van der Waals surface area contributed by atoms with Crippen molar-refractivity contribution in [3.8, 4) is 11.5 Å². The number of benzene rings is 2. The fraction of sp³-hybridized carbons (Fsp3) is 0.300. The molecule has 0 spiro atoms. The zero-order chi connectivity index (χ0) is 18.2. The standard InChI is InChI=1S/C20H24N2O3/c1-14(2)12-13-25-17-10-8-16(9-11-17)20(24)22-21-15(3)18-6-4-5-7-19(18)23/h4-11,14,23H,12-13H2,1-3H3,(H,22,24). The quantitative estimate of drug-likeness (QED) is 0.592. The van der Waals surface area contributed by atoms with Gasteiger partial charge in [-0.2, -0.15) is 5.10 Å². The topological polar surface area (TPSA) is 70.9 Å². The van der Waals surface area contributed by atoms with E-state index >= 15 is 0 Å². The predicted molar refractivity (Wildman–Crippen MR) is 99.2 cm³/mol. The number of amides is 1. The van der Waals surface area contributed by atoms with E-state index in [1.807, 2.05) is 0 Å². The number of aromatic hydroxyl groups is 1. The minimum Gasteiger partial charge on any atom is -0.507 e. The summed E-state index contributed by atoms with van der Waals surface area (Å²) < 4.78 is 5.63. The third-order valence-electron chi connectivity index (χ3n) is 3.70. The summed E-state index contributed by atoms with van der Waals surface area (Å²) in [5.74, 6) is 1.14. The van der Waals surface area contributed by atoms with E-state index in [0.29, 0.717) is 29.4 Å². The van der Waals surface area contributed by atoms with Crippen LogP contribution in [0.1, 0.15) is 43.1 Å². The number of carbonyl (C=O) groups excluding carboxylic acids is 1. The van der Waals surface area contributed by atoms with Gasteiger partial charge in [0, 0.05) is 11.1 Å². The molecule has 5 heteroatoms. The lowest BCUT2D eigenvalue weighted by molar-refractivity contribution is 0.0955. The van der Waals surface area contributed by atoms with Gasteiger partial charge in [-0.15, -0.1) is 0 Å². The summed E-state index contributed by atoms with van der Waals surface area (Å²) in [7, 11) is 0. The molecule has 25 heavy (non-hydrogen) atoms. The van der Waals surface area contributed by atoms with Crippen LogP contribution in [-0.4, -0.2) is 23.3 Å². The summed E-state index contributed by atoms with van der Waals surface area (Å²) in [4.78, 5) is 12.2. The number of rotatable bonds is 7. The number of nitrogens with one attached hydrogen (secondary N) is 1. The molecule has 0 saturated heterocycles. The number of nitrogens with zero attached hydrogens (tertiary/aromatic N) is 1. The second kappa shape index (κ2) is 8.87. The van der Waals surface area contributed by atoms with Gasteiger partial charge in [-0.05, 0) is 55.7 Å². The highest BCUT2D eigenvalue weighted by atomic mass is 16.5. The maximum absolute atomic E-state index is 12.2. The zero-order valence-corrected chi connectivity index (χ0v) is 14.8. The largest absolute Gasteiger partial charge is 0.507 e. The van der Waals surface area contributed by atoms with Crippen molar-refractivity contribution in [1.29, 1.82) is 0 Å². The first-order valence-corrected chi connectivity index (χ1v) is 8.33. The zero-order valence-electron chi connectivity index (χ0n) is 14.8. The van der Waals surface area contributed by atoms with Gasteiger partial charge in [0.25, 0.3) is 5.91 Å². The van der Waals surface area contributed by atoms with Crippen molar-refractivity contribution in [3.63, 3.8) is 0 Å². The third-order valence-corrected chi connectivity index (χ3v) is 3.70. The monoisotopic (exact) mass is 340 g/mol. The number of carbonyl (C=O) groups is 1. The Morgan fingerprint density at radius 2 is 1.84 bits per heavy atom. The van der Waals surface area contributed by atoms with Crippen molar-refractivity contribution in [1.82, 2.24) is 5.43 Å². The van der Waals surface area contributed by atoms with Gasteiger partial charge in [0.05, 0.1) is 12.3 Å². The molecule has 0 atom stereocenters. The highest BCUT2D eigenvalue weighted by Crippen LogP contribution is 2.16. The summed E-state index contributed by atoms with van der Waals surface area (Å²) in [6, 6.07) is 13.8. The number of hydrogen-bond acceptors (Lipinski definition) is 4. The first-order chi connectivity index (χ1) is 12.0. The van der Waals surface area contributed by atoms with E-state index in [4.69, 9.17) is 4.74 Å². The number of phenolic OH excluding ortho intramolecular Hbond substituents is 1. The second-order valence-electron chi connectivity index (χ2n) is 6.21. The first kappa shape index (κ1) is 18.5. The molecule has 0 saturated carbocycles. The second-order valence-corrected chi connectivity index (χ2v) is 6.21. The summed E-state index contributed by atoms with van der Waals surface area (Å²) in [6.07, 6.45) is 0.989. The molecule has 2 rings (SSSR count). The van der Waals surface area contributed by atoms with Gasteiger partial charge in [0.1, 0.15) is 11.5 Å². The van der Waals surface area contributed by atoms with E-state index in [1.54, 1.807) is 55.5 Å². The minimum absolute atomic E-state index is 0.126. The molecule has 1 amide bonds. The molecule has 5 nitrogen and oxygen atoms in total. The van der Waals surface area contributed by atoms with Crippen LogP contribution in [-0.2, 0) is 0 Å². The van der Waals surface area contributed by atoms with Crippen LogP contribution in [0.5, 0.6) is 11.5 Å². The third kappa shape index (κ3) is 5.64. The van der Waals surface area contributed by atoms with Crippen LogP contribution in [0.2, 0.25) is 0 Å². The molecule has 0 unspecified atom stereocenters. The molecule has 2 aromatic rings. The van der Waals surface area contributed by atoms with Gasteiger partial charge < -0.3 is 9.84 Å². The lowest BCUT2D eigenvalue weighted by Gasteiger charge is -2.08. The molecule has 0 heterocycles. The maximum Gasteiger partial charge on any atom is 0.271 e. The van der Waals surface area contributed by atoms with Crippen molar-refractivity contribution in [3.05, 3.63) is 59.7 Å². The molecule has 0 radical (unpaired) electrons. The molecule has 132 valence electrons. The van der Waals surface area contributed by atoms with E-state index in [0.717, 1.165) is 12.2 Å². The number of phenols is 1. The normalized spacial score (nSPS) is 11.4. The molecular formula is C20H24N2O3. The Hall–Kier alpha value is -2.82. The van der Waals surface area contributed by atoms with Gasteiger partial charge in [0.2, 0.25) is 0 Å². The number of hydrogen-bond donors (Lipinski definition) is 2. The van der Waals surface area contributed by atoms with Gasteiger partial charge in [-0.1, -0.05) is 26.0 Å². The highest BCUT2D eigenvalue weighted by molar-refractivity contribution is 6.02. The average Bonchev–Trinajstić information content (AvgIpc) is 2.60. The van der Waals surface area contributed by atoms with Crippen LogP contribution >= 0.6 is 0 Å². The Balaban J connectivity index is 1.94. The van der Waals surface area contributed by atoms with Crippen molar-refractivity contribution in [2.24, 2.45) is 11.0 Å². The number of ether oxygens (including phenoxy) is 1. The molecule has 0 fully saturated rings. The van der Waals surface area contributed by atoms with Crippen LogP contribution in [0.15, 0.2) is 53.6 Å². The van der Waals surface area contributed by atoms with E-state index in [-0.39, 0.29) is 11.7 Å². The molecule has 0 aliphatic heterocycles. The summed E-state index contributed by atoms with van der Waals surface area (Å²) in [6.45, 7) is 6.68. The van der Waals surface area contributed by atoms with Gasteiger partial charge in [-0.3, -0.25) is 4.79 Å². The molecule has 0 aromatic heterocycles. The maximum atomic E-state index is 12.2. The fourth-order valence-electron chi connectivity index (χ4n) is 2.15. The Labute approximate surface area is 148 Å². The summed E-state index contributed by atoms with van der Waals surface area (Å²) >= 11 is 0. The van der Waals surface area contributed by atoms with Crippen LogP contribution in [0, 0.1) is 5.92 Å². The van der Waals surface area contributed by atoms with Crippen LogP contribution in [0.4, 0.5) is 0 Å². The Morgan fingerprint density at radius 1 is 1.16 bits per heavy atom. The van der Waals surface area contributed by atoms with E-state index < -0.39 is 0 Å². The predicted octanol–water partition coefficient (Wildman–Crippen LogP) is 3.97. The van der Waals surface area contributed by atoms with Gasteiger partial charge >= 0.3 is 0 Å². The molecule has 0 aliphatic carbocycles. The number of hydrazone groups is 1. The van der Waals surface area contributed by atoms with Crippen LogP contribution in [0.25, 0.3) is 0 Å². The molecule has 0 aliphatic rings. The Morgan fingerprint density at radius 3 is 2.48 bits per heavy atom. The average molecular weight is 340 g/mol.